The molecule has 0 bridgehead atoms. The second kappa shape index (κ2) is 7.30. The molecule has 2 heterocycles. The van der Waals surface area contributed by atoms with Crippen molar-refractivity contribution in [3.05, 3.63) is 32.4 Å². The normalized spacial score (nSPS) is 16.5. The van der Waals surface area contributed by atoms with E-state index in [-0.39, 0.29) is 12.0 Å². The van der Waals surface area contributed by atoms with Crippen LogP contribution in [-0.2, 0) is 24.2 Å². The van der Waals surface area contributed by atoms with Crippen LogP contribution in [0.4, 0.5) is 10.9 Å². The van der Waals surface area contributed by atoms with E-state index in [1.165, 1.54) is 11.3 Å². The van der Waals surface area contributed by atoms with Crippen molar-refractivity contribution in [1.82, 2.24) is 14.8 Å². The van der Waals surface area contributed by atoms with Crippen LogP contribution in [0.3, 0.4) is 0 Å². The number of nitrogens with two attached hydrogens (primary N) is 1. The minimum Gasteiger partial charge on any atom is -0.390 e. The number of hydrogen-bond donors (Lipinski definition) is 2. The average Bonchev–Trinajstić information content (AvgIpc) is 3.17. The van der Waals surface area contributed by atoms with Crippen LogP contribution in [0.15, 0.2) is 6.33 Å². The number of fused-ring (bicyclic) bond motifs is 1. The SMILES string of the molecule is CC(C)(C)C1CCc2c(sc(NC(=O)Cn3cnc([N+](=O)[O-])n3)c2C(N)=O)C1. The molecule has 2 amide bonds. The van der Waals surface area contributed by atoms with E-state index in [2.05, 4.69) is 36.2 Å². The Balaban J connectivity index is 1.80. The summed E-state index contributed by atoms with van der Waals surface area (Å²) in [7, 11) is 0. The fourth-order valence-electron chi connectivity index (χ4n) is 3.43. The van der Waals surface area contributed by atoms with Crippen molar-refractivity contribution < 1.29 is 14.5 Å². The number of anilines is 1. The zero-order valence-electron chi connectivity index (χ0n) is 15.9. The molecule has 150 valence electrons. The molecular weight excluding hydrogens is 384 g/mol. The molecule has 0 saturated heterocycles. The third-order valence-corrected chi connectivity index (χ3v) is 6.15. The Kier molecular flexibility index (Phi) is 5.20. The van der Waals surface area contributed by atoms with Gasteiger partial charge < -0.3 is 21.2 Å². The Bertz CT molecular complexity index is 942. The number of carbonyl (C=O) groups is 2. The zero-order valence-corrected chi connectivity index (χ0v) is 16.7. The summed E-state index contributed by atoms with van der Waals surface area (Å²) in [5.41, 5.74) is 7.02. The second-order valence-corrected chi connectivity index (χ2v) is 9.03. The molecule has 1 atom stereocenters. The molecule has 0 aromatic carbocycles. The molecule has 3 rings (SSSR count). The highest BCUT2D eigenvalue weighted by atomic mass is 32.1. The van der Waals surface area contributed by atoms with Gasteiger partial charge in [0, 0.05) is 9.98 Å². The van der Waals surface area contributed by atoms with Crippen LogP contribution in [0, 0.1) is 21.4 Å². The number of rotatable bonds is 5. The lowest BCUT2D eigenvalue weighted by molar-refractivity contribution is -0.394. The second-order valence-electron chi connectivity index (χ2n) is 7.93. The van der Waals surface area contributed by atoms with Gasteiger partial charge in [-0.05, 0) is 41.1 Å². The summed E-state index contributed by atoms with van der Waals surface area (Å²) in [5, 5.41) is 17.4. The van der Waals surface area contributed by atoms with Crippen LogP contribution >= 0.6 is 11.3 Å². The van der Waals surface area contributed by atoms with Crippen LogP contribution in [-0.4, -0.2) is 31.5 Å². The molecule has 1 unspecified atom stereocenters. The monoisotopic (exact) mass is 406 g/mol. The summed E-state index contributed by atoms with van der Waals surface area (Å²) in [6, 6.07) is 0. The fourth-order valence-corrected chi connectivity index (χ4v) is 4.78. The van der Waals surface area contributed by atoms with Crippen molar-refractivity contribution in [1.29, 1.82) is 0 Å². The number of nitrogens with zero attached hydrogens (tertiary/aromatic N) is 4. The number of carbonyl (C=O) groups excluding carboxylic acids is 2. The Morgan fingerprint density at radius 1 is 1.46 bits per heavy atom. The first kappa shape index (κ1) is 19.9. The van der Waals surface area contributed by atoms with E-state index in [1.807, 2.05) is 0 Å². The van der Waals surface area contributed by atoms with Gasteiger partial charge in [-0.25, -0.2) is 0 Å². The number of nitro groups is 1. The number of amides is 2. The van der Waals surface area contributed by atoms with Crippen LogP contribution in [0.1, 0.15) is 48.0 Å². The van der Waals surface area contributed by atoms with Gasteiger partial charge in [-0.1, -0.05) is 25.8 Å². The van der Waals surface area contributed by atoms with E-state index in [0.717, 1.165) is 40.7 Å². The van der Waals surface area contributed by atoms with E-state index in [0.29, 0.717) is 16.5 Å². The highest BCUT2D eigenvalue weighted by Gasteiger charge is 2.33. The molecule has 0 spiro atoms. The van der Waals surface area contributed by atoms with Gasteiger partial charge in [0.15, 0.2) is 0 Å². The lowest BCUT2D eigenvalue weighted by atomic mass is 9.72. The van der Waals surface area contributed by atoms with Gasteiger partial charge in [0.05, 0.1) is 5.56 Å². The van der Waals surface area contributed by atoms with Gasteiger partial charge in [0.2, 0.25) is 12.2 Å². The summed E-state index contributed by atoms with van der Waals surface area (Å²) in [6.07, 6.45) is 3.66. The van der Waals surface area contributed by atoms with Gasteiger partial charge >= 0.3 is 5.95 Å². The number of primary amides is 1. The first-order valence-electron chi connectivity index (χ1n) is 8.84. The molecule has 2 aromatic rings. The van der Waals surface area contributed by atoms with E-state index in [4.69, 9.17) is 5.73 Å². The molecule has 3 N–H and O–H groups in total. The van der Waals surface area contributed by atoms with Gasteiger partial charge in [0.25, 0.3) is 5.91 Å². The number of nitrogens with one attached hydrogen (secondary N) is 1. The summed E-state index contributed by atoms with van der Waals surface area (Å²) in [5.74, 6) is -1.13. The predicted molar refractivity (Wildman–Crippen MR) is 103 cm³/mol. The topological polar surface area (TPSA) is 146 Å². The lowest BCUT2D eigenvalue weighted by Crippen LogP contribution is -2.27. The molecule has 0 fully saturated rings. The smallest absolute Gasteiger partial charge is 0.390 e. The summed E-state index contributed by atoms with van der Waals surface area (Å²) < 4.78 is 1.07. The van der Waals surface area contributed by atoms with Crippen molar-refractivity contribution in [3.8, 4) is 0 Å². The van der Waals surface area contributed by atoms with E-state index < -0.39 is 22.7 Å². The van der Waals surface area contributed by atoms with Crippen LogP contribution in [0.2, 0.25) is 0 Å². The molecule has 2 aromatic heterocycles. The van der Waals surface area contributed by atoms with Crippen molar-refractivity contribution >= 4 is 34.1 Å². The largest absolute Gasteiger partial charge is 0.490 e. The van der Waals surface area contributed by atoms with E-state index >= 15 is 0 Å². The van der Waals surface area contributed by atoms with Crippen molar-refractivity contribution in [3.63, 3.8) is 0 Å². The van der Waals surface area contributed by atoms with Crippen molar-refractivity contribution in [2.24, 2.45) is 17.1 Å². The lowest BCUT2D eigenvalue weighted by Gasteiger charge is -2.33. The summed E-state index contributed by atoms with van der Waals surface area (Å²) in [6.45, 7) is 6.34. The third kappa shape index (κ3) is 4.03. The minimum atomic E-state index is -0.738. The number of thiophene rings is 1. The van der Waals surface area contributed by atoms with Gasteiger partial charge in [0.1, 0.15) is 11.5 Å². The van der Waals surface area contributed by atoms with Gasteiger partial charge in [-0.3, -0.25) is 9.59 Å². The van der Waals surface area contributed by atoms with Crippen LogP contribution in [0.25, 0.3) is 0 Å². The first-order chi connectivity index (χ1) is 13.1. The Morgan fingerprint density at radius 2 is 2.18 bits per heavy atom. The third-order valence-electron chi connectivity index (χ3n) is 4.98. The maximum absolute atomic E-state index is 12.4. The zero-order chi connectivity index (χ0) is 20.6. The van der Waals surface area contributed by atoms with Gasteiger partial charge in [-0.2, -0.15) is 4.68 Å². The van der Waals surface area contributed by atoms with E-state index in [1.54, 1.807) is 0 Å². The summed E-state index contributed by atoms with van der Waals surface area (Å²) in [4.78, 5) is 38.9. The molecule has 0 aliphatic heterocycles. The Hall–Kier alpha value is -2.82. The maximum Gasteiger partial charge on any atom is 0.490 e. The minimum absolute atomic E-state index is 0.153. The molecule has 28 heavy (non-hydrogen) atoms. The Morgan fingerprint density at radius 3 is 2.75 bits per heavy atom. The van der Waals surface area contributed by atoms with Crippen LogP contribution in [0.5, 0.6) is 0 Å². The maximum atomic E-state index is 12.4. The predicted octanol–water partition coefficient (Wildman–Crippen LogP) is 2.14. The molecule has 1 aliphatic carbocycles. The average molecular weight is 406 g/mol. The van der Waals surface area contributed by atoms with Crippen molar-refractivity contribution in [2.45, 2.75) is 46.6 Å². The summed E-state index contributed by atoms with van der Waals surface area (Å²) >= 11 is 1.37. The highest BCUT2D eigenvalue weighted by Crippen LogP contribution is 2.44. The van der Waals surface area contributed by atoms with Crippen LogP contribution < -0.4 is 11.1 Å². The Labute approximate surface area is 165 Å². The quantitative estimate of drug-likeness (QED) is 0.574. The molecule has 10 nitrogen and oxygen atoms in total. The number of aromatic nitrogens is 3. The molecule has 11 heteroatoms. The number of hydrogen-bond acceptors (Lipinski definition) is 7. The van der Waals surface area contributed by atoms with Crippen molar-refractivity contribution in [2.75, 3.05) is 5.32 Å². The highest BCUT2D eigenvalue weighted by molar-refractivity contribution is 7.17. The molecule has 1 aliphatic rings. The molecule has 0 saturated carbocycles. The molecular formula is C17H22N6O4S. The fraction of sp³-hybridized carbons (Fsp3) is 0.529. The van der Waals surface area contributed by atoms with Gasteiger partial charge in [-0.15, -0.1) is 11.3 Å². The molecule has 0 radical (unpaired) electrons. The first-order valence-corrected chi connectivity index (χ1v) is 9.66. The van der Waals surface area contributed by atoms with E-state index in [9.17, 15) is 19.7 Å². The standard InChI is InChI=1S/C17H22N6O4S/c1-17(2,3)9-4-5-10-11(6-9)28-15(13(10)14(18)25)20-12(24)7-22-8-19-16(21-22)23(26)27/h8-9H,4-7H2,1-3H3,(H2,18,25)(H,20,24).